The minimum Gasteiger partial charge on any atom is -0.497 e. The molecule has 2 N–H and O–H groups in total. The number of anilines is 1. The van der Waals surface area contributed by atoms with Crippen LogP contribution in [0.4, 0.5) is 5.69 Å². The lowest BCUT2D eigenvalue weighted by Crippen LogP contribution is -2.15. The van der Waals surface area contributed by atoms with E-state index in [-0.39, 0.29) is 12.3 Å². The van der Waals surface area contributed by atoms with Crippen molar-refractivity contribution in [2.45, 2.75) is 13.3 Å². The lowest BCUT2D eigenvalue weighted by Gasteiger charge is -2.08. The average molecular weight is 345 g/mol. The highest BCUT2D eigenvalue weighted by Gasteiger charge is 2.14. The normalized spacial score (nSPS) is 11.0. The fourth-order valence-corrected chi connectivity index (χ4v) is 3.28. The Morgan fingerprint density at radius 3 is 2.88 bits per heavy atom. The van der Waals surface area contributed by atoms with Crippen LogP contribution < -0.4 is 10.1 Å². The van der Waals surface area contributed by atoms with E-state index in [1.807, 2.05) is 55.5 Å². The van der Waals surface area contributed by atoms with Gasteiger partial charge in [-0.1, -0.05) is 18.2 Å². The van der Waals surface area contributed by atoms with Crippen molar-refractivity contribution in [1.29, 1.82) is 0 Å². The second kappa shape index (κ2) is 6.52. The highest BCUT2D eigenvalue weighted by atomic mass is 16.5. The molecule has 0 aliphatic heterocycles. The summed E-state index contributed by atoms with van der Waals surface area (Å²) in [5.41, 5.74) is 4.48. The highest BCUT2D eigenvalue weighted by Crippen LogP contribution is 2.27. The van der Waals surface area contributed by atoms with E-state index >= 15 is 0 Å². The van der Waals surface area contributed by atoms with Crippen LogP contribution in [0.3, 0.4) is 0 Å². The molecule has 5 nitrogen and oxygen atoms in total. The Balaban J connectivity index is 1.64. The first-order valence-corrected chi connectivity index (χ1v) is 8.44. The van der Waals surface area contributed by atoms with Gasteiger partial charge in [-0.15, -0.1) is 0 Å². The molecule has 2 aromatic carbocycles. The Morgan fingerprint density at radius 2 is 2.04 bits per heavy atom. The van der Waals surface area contributed by atoms with Gasteiger partial charge in [-0.25, -0.2) is 0 Å². The summed E-state index contributed by atoms with van der Waals surface area (Å²) in [6, 6.07) is 15.5. The fourth-order valence-electron chi connectivity index (χ4n) is 3.28. The molecule has 0 saturated carbocycles. The van der Waals surface area contributed by atoms with Crippen molar-refractivity contribution in [3.8, 4) is 5.75 Å². The summed E-state index contributed by atoms with van der Waals surface area (Å²) in [4.78, 5) is 20.4. The molecule has 26 heavy (non-hydrogen) atoms. The Hall–Kier alpha value is -3.34. The van der Waals surface area contributed by atoms with E-state index in [9.17, 15) is 4.79 Å². The van der Waals surface area contributed by atoms with Crippen molar-refractivity contribution in [2.24, 2.45) is 0 Å². The molecule has 0 aliphatic carbocycles. The fraction of sp³-hybridized carbons (Fsp3) is 0.143. The van der Waals surface area contributed by atoms with Gasteiger partial charge in [0, 0.05) is 28.2 Å². The van der Waals surface area contributed by atoms with E-state index in [1.165, 1.54) is 0 Å². The molecule has 130 valence electrons. The first kappa shape index (κ1) is 16.1. The van der Waals surface area contributed by atoms with E-state index in [0.717, 1.165) is 44.5 Å². The van der Waals surface area contributed by atoms with E-state index in [2.05, 4.69) is 15.3 Å². The molecule has 0 atom stereocenters. The summed E-state index contributed by atoms with van der Waals surface area (Å²) in [6.45, 7) is 1.98. The third kappa shape index (κ3) is 2.88. The first-order valence-electron chi connectivity index (χ1n) is 8.44. The molecule has 0 spiro atoms. The van der Waals surface area contributed by atoms with Gasteiger partial charge in [0.1, 0.15) is 5.75 Å². The van der Waals surface area contributed by atoms with Crippen LogP contribution in [0.5, 0.6) is 5.75 Å². The number of nitrogens with one attached hydrogen (secondary N) is 2. The van der Waals surface area contributed by atoms with Crippen LogP contribution in [-0.4, -0.2) is 23.0 Å². The van der Waals surface area contributed by atoms with E-state index in [4.69, 9.17) is 4.74 Å². The second-order valence-electron chi connectivity index (χ2n) is 6.25. The second-order valence-corrected chi connectivity index (χ2v) is 6.25. The zero-order valence-corrected chi connectivity index (χ0v) is 14.7. The molecule has 0 fully saturated rings. The lowest BCUT2D eigenvalue weighted by atomic mass is 10.1. The summed E-state index contributed by atoms with van der Waals surface area (Å²) in [5.74, 6) is 0.700. The number of ether oxygens (including phenoxy) is 1. The Morgan fingerprint density at radius 1 is 1.19 bits per heavy atom. The molecule has 2 heterocycles. The van der Waals surface area contributed by atoms with Gasteiger partial charge >= 0.3 is 0 Å². The number of carbonyl (C=O) groups excluding carboxylic acids is 1. The van der Waals surface area contributed by atoms with Crippen molar-refractivity contribution in [3.05, 3.63) is 66.0 Å². The molecule has 0 unspecified atom stereocenters. The van der Waals surface area contributed by atoms with Crippen LogP contribution >= 0.6 is 0 Å². The summed E-state index contributed by atoms with van der Waals surface area (Å²) in [5, 5.41) is 5.00. The Kier molecular flexibility index (Phi) is 4.05. The van der Waals surface area contributed by atoms with Crippen LogP contribution in [0.25, 0.3) is 21.8 Å². The number of amides is 1. The third-order valence-corrected chi connectivity index (χ3v) is 4.57. The summed E-state index contributed by atoms with van der Waals surface area (Å²) in [7, 11) is 1.64. The van der Waals surface area contributed by atoms with Crippen LogP contribution in [0, 0.1) is 6.92 Å². The molecule has 1 amide bonds. The maximum Gasteiger partial charge on any atom is 0.228 e. The number of aromatic nitrogens is 2. The Labute approximate surface area is 151 Å². The van der Waals surface area contributed by atoms with Crippen molar-refractivity contribution in [2.75, 3.05) is 12.4 Å². The van der Waals surface area contributed by atoms with E-state index < -0.39 is 0 Å². The number of methoxy groups -OCH3 is 1. The number of aromatic amines is 1. The van der Waals surface area contributed by atoms with Crippen LogP contribution in [0.1, 0.15) is 11.3 Å². The predicted molar refractivity (Wildman–Crippen MR) is 104 cm³/mol. The standard InChI is InChI=1S/C21H19N3O2/c1-13-16(17-11-15(26-2)8-9-18(17)23-13)12-20(25)24-19-7-3-5-14-6-4-10-22-21(14)19/h3-11,23H,12H2,1-2H3,(H,24,25). The molecule has 5 heteroatoms. The molecule has 4 rings (SSSR count). The zero-order chi connectivity index (χ0) is 18.1. The maximum absolute atomic E-state index is 12.7. The summed E-state index contributed by atoms with van der Waals surface area (Å²) >= 11 is 0. The molecule has 2 aromatic heterocycles. The van der Waals surface area contributed by atoms with Gasteiger partial charge in [0.2, 0.25) is 5.91 Å². The molecule has 4 aromatic rings. The number of benzene rings is 2. The van der Waals surface area contributed by atoms with Gasteiger partial charge in [0.15, 0.2) is 0 Å². The summed E-state index contributed by atoms with van der Waals surface area (Å²) < 4.78 is 5.31. The topological polar surface area (TPSA) is 67.0 Å². The van der Waals surface area contributed by atoms with E-state index in [0.29, 0.717) is 0 Å². The number of para-hydroxylation sites is 1. The number of nitrogens with zero attached hydrogens (tertiary/aromatic N) is 1. The van der Waals surface area contributed by atoms with Crippen molar-refractivity contribution < 1.29 is 9.53 Å². The molecule has 0 saturated heterocycles. The largest absolute Gasteiger partial charge is 0.497 e. The number of carbonyl (C=O) groups is 1. The average Bonchev–Trinajstić information content (AvgIpc) is 2.96. The van der Waals surface area contributed by atoms with Gasteiger partial charge in [0.25, 0.3) is 0 Å². The Bertz CT molecular complexity index is 1110. The van der Waals surface area contributed by atoms with Gasteiger partial charge in [-0.3, -0.25) is 9.78 Å². The van der Waals surface area contributed by atoms with Crippen LogP contribution in [-0.2, 0) is 11.2 Å². The highest BCUT2D eigenvalue weighted by molar-refractivity contribution is 6.02. The smallest absolute Gasteiger partial charge is 0.228 e. The number of aryl methyl sites for hydroxylation is 1. The van der Waals surface area contributed by atoms with Crippen LogP contribution in [0.2, 0.25) is 0 Å². The molecular weight excluding hydrogens is 326 g/mol. The van der Waals surface area contributed by atoms with Gasteiger partial charge in [-0.05, 0) is 42.8 Å². The third-order valence-electron chi connectivity index (χ3n) is 4.57. The summed E-state index contributed by atoms with van der Waals surface area (Å²) in [6.07, 6.45) is 2.01. The monoisotopic (exact) mass is 345 g/mol. The van der Waals surface area contributed by atoms with Crippen LogP contribution in [0.15, 0.2) is 54.7 Å². The van der Waals surface area contributed by atoms with Crippen molar-refractivity contribution in [1.82, 2.24) is 9.97 Å². The van der Waals surface area contributed by atoms with E-state index in [1.54, 1.807) is 13.3 Å². The number of rotatable bonds is 4. The quantitative estimate of drug-likeness (QED) is 0.582. The van der Waals surface area contributed by atoms with Gasteiger partial charge in [-0.2, -0.15) is 0 Å². The SMILES string of the molecule is COc1ccc2[nH]c(C)c(CC(=O)Nc3cccc4cccnc34)c2c1. The molecule has 0 bridgehead atoms. The maximum atomic E-state index is 12.7. The number of pyridine rings is 1. The molecular formula is C21H19N3O2. The van der Waals surface area contributed by atoms with Crippen molar-refractivity contribution in [3.63, 3.8) is 0 Å². The first-order chi connectivity index (χ1) is 12.7. The molecule has 0 aliphatic rings. The van der Waals surface area contributed by atoms with Crippen molar-refractivity contribution >= 4 is 33.4 Å². The minimum atomic E-state index is -0.0741. The number of hydrogen-bond acceptors (Lipinski definition) is 3. The molecule has 0 radical (unpaired) electrons. The van der Waals surface area contributed by atoms with Gasteiger partial charge < -0.3 is 15.0 Å². The predicted octanol–water partition coefficient (Wildman–Crippen LogP) is 4.21. The lowest BCUT2D eigenvalue weighted by molar-refractivity contribution is -0.115. The number of fused-ring (bicyclic) bond motifs is 2. The number of H-pyrrole nitrogens is 1. The number of hydrogen-bond donors (Lipinski definition) is 2. The minimum absolute atomic E-state index is 0.0741. The zero-order valence-electron chi connectivity index (χ0n) is 14.7. The van der Waals surface area contributed by atoms with Gasteiger partial charge in [0.05, 0.1) is 24.7 Å².